The van der Waals surface area contributed by atoms with Gasteiger partial charge in [-0.25, -0.2) is 0 Å². The molecule has 0 bridgehead atoms. The number of anilines is 1. The van der Waals surface area contributed by atoms with Crippen molar-refractivity contribution in [3.8, 4) is 11.9 Å². The maximum atomic E-state index is 12.0. The molecule has 0 aliphatic carbocycles. The van der Waals surface area contributed by atoms with Gasteiger partial charge < -0.3 is 31.9 Å². The summed E-state index contributed by atoms with van der Waals surface area (Å²) < 4.78 is 17.8. The van der Waals surface area contributed by atoms with Gasteiger partial charge in [0.2, 0.25) is 5.96 Å². The number of benzene rings is 2. The molecule has 2 aromatic carbocycles. The molecule has 43 heavy (non-hydrogen) atoms. The van der Waals surface area contributed by atoms with Crippen molar-refractivity contribution in [3.05, 3.63) is 89.7 Å². The Labute approximate surface area is 263 Å². The zero-order chi connectivity index (χ0) is 29.8. The molecule has 0 aliphatic heterocycles. The van der Waals surface area contributed by atoms with Crippen LogP contribution in [0.25, 0.3) is 0 Å². The Morgan fingerprint density at radius 3 is 2.26 bits per heavy atom. The summed E-state index contributed by atoms with van der Waals surface area (Å²) in [5, 5.41) is 15.4. The number of aliphatic imine (C=N–C) groups is 1. The van der Waals surface area contributed by atoms with Gasteiger partial charge in [0, 0.05) is 23.7 Å². The van der Waals surface area contributed by atoms with Crippen molar-refractivity contribution in [2.75, 3.05) is 18.5 Å². The molecule has 1 heterocycles. The fourth-order valence-electron chi connectivity index (χ4n) is 3.64. The van der Waals surface area contributed by atoms with Crippen molar-refractivity contribution in [1.82, 2.24) is 5.32 Å². The summed E-state index contributed by atoms with van der Waals surface area (Å²) in [5.41, 5.74) is 1.59. The first kappa shape index (κ1) is 34.9. The normalized spacial score (nSPS) is 10.6. The summed E-state index contributed by atoms with van der Waals surface area (Å²) in [4.78, 5) is 28.3. The SMILES string of the molecule is N#CNC(=NCCCCCCOc1ccc(Cl)cc1)Nc1cc[n+](COC(=O)CCC(=O)OCc2ccccc2)cc1.[Cl-]. The number of pyridine rings is 1. The van der Waals surface area contributed by atoms with E-state index in [9.17, 15) is 9.59 Å². The monoisotopic (exact) mass is 627 g/mol. The van der Waals surface area contributed by atoms with E-state index in [0.717, 1.165) is 37.0 Å². The molecular weight excluding hydrogens is 593 g/mol. The Morgan fingerprint density at radius 2 is 1.56 bits per heavy atom. The number of nitrogens with zero attached hydrogens (tertiary/aromatic N) is 3. The highest BCUT2D eigenvalue weighted by atomic mass is 35.5. The number of hydrogen-bond acceptors (Lipinski definition) is 7. The number of carbonyl (C=O) groups excluding carboxylic acids is 2. The van der Waals surface area contributed by atoms with Crippen LogP contribution >= 0.6 is 11.6 Å². The van der Waals surface area contributed by atoms with Crippen LogP contribution in [0.1, 0.15) is 44.1 Å². The number of hydrogen-bond donors (Lipinski definition) is 2. The number of aromatic nitrogens is 1. The molecule has 0 fully saturated rings. The lowest BCUT2D eigenvalue weighted by Gasteiger charge is -2.08. The van der Waals surface area contributed by atoms with E-state index < -0.39 is 11.9 Å². The van der Waals surface area contributed by atoms with Crippen molar-refractivity contribution in [2.45, 2.75) is 51.9 Å². The summed E-state index contributed by atoms with van der Waals surface area (Å²) in [6.45, 7) is 1.38. The van der Waals surface area contributed by atoms with Crippen molar-refractivity contribution in [1.29, 1.82) is 5.26 Å². The molecule has 2 N–H and O–H groups in total. The smallest absolute Gasteiger partial charge is 0.311 e. The molecule has 0 aliphatic rings. The van der Waals surface area contributed by atoms with E-state index in [2.05, 4.69) is 15.6 Å². The van der Waals surface area contributed by atoms with Gasteiger partial charge in [-0.15, -0.1) is 0 Å². The highest BCUT2D eigenvalue weighted by Crippen LogP contribution is 2.16. The second-order valence-corrected chi connectivity index (χ2v) is 9.64. The number of halogens is 2. The molecule has 10 nitrogen and oxygen atoms in total. The van der Waals surface area contributed by atoms with Gasteiger partial charge in [0.05, 0.1) is 25.1 Å². The van der Waals surface area contributed by atoms with Crippen LogP contribution in [0, 0.1) is 11.5 Å². The number of nitrogens with one attached hydrogen (secondary N) is 2. The maximum absolute atomic E-state index is 12.0. The lowest BCUT2D eigenvalue weighted by molar-refractivity contribution is -0.727. The van der Waals surface area contributed by atoms with Crippen LogP contribution in [0.15, 0.2) is 84.1 Å². The van der Waals surface area contributed by atoms with E-state index in [1.807, 2.05) is 48.7 Å². The van der Waals surface area contributed by atoms with Crippen LogP contribution in [0.5, 0.6) is 5.75 Å². The maximum Gasteiger partial charge on any atom is 0.311 e. The van der Waals surface area contributed by atoms with Gasteiger partial charge in [-0.3, -0.25) is 19.9 Å². The third-order valence-corrected chi connectivity index (χ3v) is 6.14. The number of guanidine groups is 1. The third kappa shape index (κ3) is 14.9. The van der Waals surface area contributed by atoms with Crippen molar-refractivity contribution >= 4 is 35.2 Å². The van der Waals surface area contributed by atoms with Gasteiger partial charge in [-0.05, 0) is 49.1 Å². The lowest BCUT2D eigenvalue weighted by Crippen LogP contribution is -3.00. The molecule has 0 amide bonds. The van der Waals surface area contributed by atoms with Crippen LogP contribution in [-0.2, 0) is 32.4 Å². The average Bonchev–Trinajstić information content (AvgIpc) is 3.01. The molecule has 0 unspecified atom stereocenters. The highest BCUT2D eigenvalue weighted by molar-refractivity contribution is 6.30. The Balaban J connectivity index is 0.00000645. The molecule has 228 valence electrons. The molecule has 0 spiro atoms. The first-order chi connectivity index (χ1) is 20.5. The van der Waals surface area contributed by atoms with Gasteiger partial charge in [0.15, 0.2) is 18.6 Å². The van der Waals surface area contributed by atoms with Gasteiger partial charge in [0.1, 0.15) is 12.4 Å². The number of ether oxygens (including phenoxy) is 3. The number of rotatable bonds is 16. The van der Waals surface area contributed by atoms with Gasteiger partial charge in [-0.1, -0.05) is 48.4 Å². The molecule has 3 rings (SSSR count). The van der Waals surface area contributed by atoms with Crippen molar-refractivity contribution < 1.29 is 40.8 Å². The zero-order valence-electron chi connectivity index (χ0n) is 23.7. The summed E-state index contributed by atoms with van der Waals surface area (Å²) in [7, 11) is 0. The predicted molar refractivity (Wildman–Crippen MR) is 158 cm³/mol. The zero-order valence-corrected chi connectivity index (χ0v) is 25.2. The molecule has 0 radical (unpaired) electrons. The summed E-state index contributed by atoms with van der Waals surface area (Å²) in [5.74, 6) is 0.209. The minimum Gasteiger partial charge on any atom is -1.00 e. The van der Waals surface area contributed by atoms with Crippen LogP contribution < -0.4 is 32.3 Å². The molecule has 0 saturated carbocycles. The Hall–Kier alpha value is -4.33. The largest absolute Gasteiger partial charge is 1.00 e. The van der Waals surface area contributed by atoms with Gasteiger partial charge in [-0.2, -0.15) is 9.83 Å². The minimum atomic E-state index is -0.497. The van der Waals surface area contributed by atoms with Crippen LogP contribution in [-0.4, -0.2) is 31.0 Å². The van der Waals surface area contributed by atoms with Crippen molar-refractivity contribution in [2.24, 2.45) is 4.99 Å². The molecular formula is C31H35Cl2N5O5. The Morgan fingerprint density at radius 1 is 0.884 bits per heavy atom. The van der Waals surface area contributed by atoms with Gasteiger partial charge >= 0.3 is 11.9 Å². The van der Waals surface area contributed by atoms with E-state index in [1.165, 1.54) is 0 Å². The van der Waals surface area contributed by atoms with Crippen LogP contribution in [0.4, 0.5) is 5.69 Å². The number of carbonyl (C=O) groups is 2. The second kappa shape index (κ2) is 20.5. The number of unbranched alkanes of at least 4 members (excludes halogenated alkanes) is 3. The van der Waals surface area contributed by atoms with E-state index in [1.54, 1.807) is 41.2 Å². The Kier molecular flexibility index (Phi) is 16.6. The van der Waals surface area contributed by atoms with Gasteiger partial charge in [0.25, 0.3) is 6.73 Å². The standard InChI is InChI=1S/C31H34ClN5O5.ClH/c32-26-10-12-28(13-11-26)40-21-7-2-1-6-18-34-31(35-23-33)36-27-16-19-37(20-17-27)24-42-30(39)15-14-29(38)41-22-25-8-4-3-5-9-25;/h3-5,8-13,16-17,19-20H,1-2,6-7,14-15,18,21-22,24H2,(H,34,35);1H. The topological polar surface area (TPSA) is 126 Å². The Bertz CT molecular complexity index is 1320. The third-order valence-electron chi connectivity index (χ3n) is 5.88. The second-order valence-electron chi connectivity index (χ2n) is 9.20. The summed E-state index contributed by atoms with van der Waals surface area (Å²) in [6.07, 6.45) is 9.05. The average molecular weight is 629 g/mol. The fourth-order valence-corrected chi connectivity index (χ4v) is 3.76. The number of nitriles is 1. The molecule has 0 saturated heterocycles. The first-order valence-corrected chi connectivity index (χ1v) is 14.1. The highest BCUT2D eigenvalue weighted by Gasteiger charge is 2.12. The van der Waals surface area contributed by atoms with Crippen molar-refractivity contribution in [3.63, 3.8) is 0 Å². The van der Waals surface area contributed by atoms with E-state index in [4.69, 9.17) is 31.1 Å². The van der Waals surface area contributed by atoms with E-state index in [-0.39, 0.29) is 38.6 Å². The predicted octanol–water partition coefficient (Wildman–Crippen LogP) is 2.13. The molecule has 0 atom stereocenters. The van der Waals surface area contributed by atoms with Crippen LogP contribution in [0.2, 0.25) is 5.02 Å². The van der Waals surface area contributed by atoms with E-state index >= 15 is 0 Å². The van der Waals surface area contributed by atoms with E-state index in [0.29, 0.717) is 29.8 Å². The fraction of sp³-hybridized carbons (Fsp3) is 0.323. The molecule has 1 aromatic heterocycles. The lowest BCUT2D eigenvalue weighted by atomic mass is 10.2. The summed E-state index contributed by atoms with van der Waals surface area (Å²) >= 11 is 5.87. The first-order valence-electron chi connectivity index (χ1n) is 13.7. The quantitative estimate of drug-likeness (QED) is 0.0471. The van der Waals surface area contributed by atoms with Crippen LogP contribution in [0.3, 0.4) is 0 Å². The molecule has 3 aromatic rings. The molecule has 12 heteroatoms. The summed E-state index contributed by atoms with van der Waals surface area (Å²) in [6, 6.07) is 20.2. The number of esters is 2. The minimum absolute atomic E-state index is 0.